The summed E-state index contributed by atoms with van der Waals surface area (Å²) >= 11 is 5.81. The molecule has 1 nitrogen and oxygen atoms in total. The van der Waals surface area contributed by atoms with E-state index < -0.39 is 0 Å². The maximum atomic E-state index is 5.81. The summed E-state index contributed by atoms with van der Waals surface area (Å²) < 4.78 is 0. The zero-order valence-corrected chi connectivity index (χ0v) is 9.22. The highest BCUT2D eigenvalue weighted by molar-refractivity contribution is 6.30. The minimum absolute atomic E-state index is 0.754. The number of benzene rings is 1. The van der Waals surface area contributed by atoms with E-state index in [2.05, 4.69) is 13.0 Å². The Bertz CT molecular complexity index is 301. The summed E-state index contributed by atoms with van der Waals surface area (Å²) in [7, 11) is 0. The summed E-state index contributed by atoms with van der Waals surface area (Å²) in [4.78, 5) is 0. The number of hydrogen-bond donors (Lipinski definition) is 1. The van der Waals surface area contributed by atoms with E-state index in [1.165, 1.54) is 11.1 Å². The van der Waals surface area contributed by atoms with E-state index >= 15 is 0 Å². The van der Waals surface area contributed by atoms with Crippen molar-refractivity contribution >= 4 is 17.2 Å². The zero-order chi connectivity index (χ0) is 10.4. The number of nitrogens with two attached hydrogens (primary N) is 1. The number of hydrogen-bond acceptors (Lipinski definition) is 1. The summed E-state index contributed by atoms with van der Waals surface area (Å²) in [5.74, 6) is 0. The molecule has 0 fully saturated rings. The van der Waals surface area contributed by atoms with Crippen molar-refractivity contribution in [3.05, 3.63) is 40.9 Å². The van der Waals surface area contributed by atoms with Gasteiger partial charge in [-0.05, 0) is 49.6 Å². The van der Waals surface area contributed by atoms with Gasteiger partial charge >= 0.3 is 0 Å². The van der Waals surface area contributed by atoms with Crippen molar-refractivity contribution in [1.82, 2.24) is 0 Å². The molecular formula is C12H16ClN. The topological polar surface area (TPSA) is 26.0 Å². The lowest BCUT2D eigenvalue weighted by atomic mass is 10.1. The Balaban J connectivity index is 2.64. The van der Waals surface area contributed by atoms with Gasteiger partial charge in [0.2, 0.25) is 0 Å². The standard InChI is InChI=1S/C12H16ClN/c1-10(4-2-3-9-14)11-5-7-12(13)8-6-11/h4-8H,2-3,9,14H2,1H3/b10-4+. The quantitative estimate of drug-likeness (QED) is 0.755. The maximum Gasteiger partial charge on any atom is 0.0406 e. The van der Waals surface area contributed by atoms with E-state index in [0.29, 0.717) is 0 Å². The SMILES string of the molecule is C/C(=C\CCCN)c1ccc(Cl)cc1. The fourth-order valence-corrected chi connectivity index (χ4v) is 1.39. The minimum Gasteiger partial charge on any atom is -0.330 e. The van der Waals surface area contributed by atoms with Gasteiger partial charge in [-0.25, -0.2) is 0 Å². The van der Waals surface area contributed by atoms with Gasteiger partial charge in [-0.1, -0.05) is 29.8 Å². The van der Waals surface area contributed by atoms with Crippen LogP contribution in [0.3, 0.4) is 0 Å². The van der Waals surface area contributed by atoms with Gasteiger partial charge in [-0.3, -0.25) is 0 Å². The summed E-state index contributed by atoms with van der Waals surface area (Å²) in [6.45, 7) is 2.87. The van der Waals surface area contributed by atoms with Gasteiger partial charge in [-0.2, -0.15) is 0 Å². The van der Waals surface area contributed by atoms with Crippen molar-refractivity contribution in [2.75, 3.05) is 6.54 Å². The van der Waals surface area contributed by atoms with Crippen LogP contribution in [0.25, 0.3) is 5.57 Å². The van der Waals surface area contributed by atoms with Gasteiger partial charge in [0.1, 0.15) is 0 Å². The first-order chi connectivity index (χ1) is 6.74. The molecular weight excluding hydrogens is 194 g/mol. The molecule has 2 heteroatoms. The van der Waals surface area contributed by atoms with Gasteiger partial charge in [0.15, 0.2) is 0 Å². The Labute approximate surface area is 90.6 Å². The fraction of sp³-hybridized carbons (Fsp3) is 0.333. The second-order valence-electron chi connectivity index (χ2n) is 3.32. The van der Waals surface area contributed by atoms with E-state index in [1.807, 2.05) is 24.3 Å². The molecule has 0 aliphatic heterocycles. The summed E-state index contributed by atoms with van der Waals surface area (Å²) in [6, 6.07) is 7.90. The Hall–Kier alpha value is -0.790. The molecule has 1 aromatic rings. The Morgan fingerprint density at radius 1 is 1.36 bits per heavy atom. The molecule has 1 rings (SSSR count). The summed E-state index contributed by atoms with van der Waals surface area (Å²) in [6.07, 6.45) is 4.31. The lowest BCUT2D eigenvalue weighted by Gasteiger charge is -2.01. The molecule has 0 aliphatic carbocycles. The molecule has 0 spiro atoms. The average Bonchev–Trinajstić information content (AvgIpc) is 2.19. The molecule has 0 saturated heterocycles. The highest BCUT2D eigenvalue weighted by Crippen LogP contribution is 2.17. The summed E-state index contributed by atoms with van der Waals surface area (Å²) in [5, 5.41) is 0.781. The van der Waals surface area contributed by atoms with Crippen molar-refractivity contribution in [3.8, 4) is 0 Å². The van der Waals surface area contributed by atoms with Gasteiger partial charge in [0, 0.05) is 5.02 Å². The largest absolute Gasteiger partial charge is 0.330 e. The summed E-state index contributed by atoms with van der Waals surface area (Å²) in [5.41, 5.74) is 7.94. The molecule has 2 N–H and O–H groups in total. The Morgan fingerprint density at radius 3 is 2.57 bits per heavy atom. The van der Waals surface area contributed by atoms with Gasteiger partial charge in [-0.15, -0.1) is 0 Å². The van der Waals surface area contributed by atoms with E-state index in [0.717, 1.165) is 24.4 Å². The number of halogens is 1. The van der Waals surface area contributed by atoms with Crippen molar-refractivity contribution in [2.45, 2.75) is 19.8 Å². The van der Waals surface area contributed by atoms with Gasteiger partial charge in [0.05, 0.1) is 0 Å². The molecule has 76 valence electrons. The zero-order valence-electron chi connectivity index (χ0n) is 8.46. The number of rotatable bonds is 4. The first kappa shape index (κ1) is 11.3. The minimum atomic E-state index is 0.754. The van der Waals surface area contributed by atoms with Crippen LogP contribution in [-0.2, 0) is 0 Å². The monoisotopic (exact) mass is 209 g/mol. The molecule has 0 amide bonds. The molecule has 0 aromatic heterocycles. The van der Waals surface area contributed by atoms with Crippen molar-refractivity contribution < 1.29 is 0 Å². The second kappa shape index (κ2) is 5.84. The van der Waals surface area contributed by atoms with Crippen LogP contribution in [0.15, 0.2) is 30.3 Å². The molecule has 14 heavy (non-hydrogen) atoms. The normalized spacial score (nSPS) is 11.8. The third-order valence-electron chi connectivity index (χ3n) is 2.16. The van der Waals surface area contributed by atoms with Crippen LogP contribution in [-0.4, -0.2) is 6.54 Å². The number of unbranched alkanes of at least 4 members (excludes halogenated alkanes) is 1. The van der Waals surface area contributed by atoms with Gasteiger partial charge < -0.3 is 5.73 Å². The lowest BCUT2D eigenvalue weighted by Crippen LogP contribution is -1.96. The molecule has 0 radical (unpaired) electrons. The van der Waals surface area contributed by atoms with Crippen LogP contribution in [0.2, 0.25) is 5.02 Å². The molecule has 0 saturated carbocycles. The smallest absolute Gasteiger partial charge is 0.0406 e. The van der Waals surface area contributed by atoms with E-state index in [-0.39, 0.29) is 0 Å². The predicted molar refractivity (Wildman–Crippen MR) is 63.4 cm³/mol. The van der Waals surface area contributed by atoms with Crippen LogP contribution >= 0.6 is 11.6 Å². The maximum absolute atomic E-state index is 5.81. The molecule has 1 aromatic carbocycles. The van der Waals surface area contributed by atoms with Crippen molar-refractivity contribution in [1.29, 1.82) is 0 Å². The lowest BCUT2D eigenvalue weighted by molar-refractivity contribution is 0.855. The van der Waals surface area contributed by atoms with Crippen LogP contribution in [0.4, 0.5) is 0 Å². The van der Waals surface area contributed by atoms with E-state index in [9.17, 15) is 0 Å². The first-order valence-electron chi connectivity index (χ1n) is 4.87. The molecule has 0 bridgehead atoms. The van der Waals surface area contributed by atoms with Crippen molar-refractivity contribution in [2.24, 2.45) is 5.73 Å². The Morgan fingerprint density at radius 2 is 2.00 bits per heavy atom. The highest BCUT2D eigenvalue weighted by atomic mass is 35.5. The molecule has 0 aliphatic rings. The van der Waals surface area contributed by atoms with Crippen LogP contribution in [0, 0.1) is 0 Å². The second-order valence-corrected chi connectivity index (χ2v) is 3.76. The third kappa shape index (κ3) is 3.52. The van der Waals surface area contributed by atoms with E-state index in [1.54, 1.807) is 0 Å². The van der Waals surface area contributed by atoms with Crippen LogP contribution < -0.4 is 5.73 Å². The predicted octanol–water partition coefficient (Wildman–Crippen LogP) is 3.48. The van der Waals surface area contributed by atoms with Crippen LogP contribution in [0.5, 0.6) is 0 Å². The molecule has 0 heterocycles. The average molecular weight is 210 g/mol. The third-order valence-corrected chi connectivity index (χ3v) is 2.41. The first-order valence-corrected chi connectivity index (χ1v) is 5.24. The number of allylic oxidation sites excluding steroid dienone is 2. The van der Waals surface area contributed by atoms with Gasteiger partial charge in [0.25, 0.3) is 0 Å². The van der Waals surface area contributed by atoms with Crippen LogP contribution in [0.1, 0.15) is 25.3 Å². The highest BCUT2D eigenvalue weighted by Gasteiger charge is 1.94. The fourth-order valence-electron chi connectivity index (χ4n) is 1.27. The van der Waals surface area contributed by atoms with E-state index in [4.69, 9.17) is 17.3 Å². The molecule has 0 unspecified atom stereocenters. The van der Waals surface area contributed by atoms with Crippen molar-refractivity contribution in [3.63, 3.8) is 0 Å². The Kier molecular flexibility index (Phi) is 4.71. The molecule has 0 atom stereocenters.